The van der Waals surface area contributed by atoms with Gasteiger partial charge in [0, 0.05) is 26.1 Å². The molecule has 0 aliphatic carbocycles. The Labute approximate surface area is 108 Å². The van der Waals surface area contributed by atoms with Gasteiger partial charge in [-0.3, -0.25) is 10.2 Å². The number of nitrogens with zero attached hydrogens (tertiary/aromatic N) is 1. The van der Waals surface area contributed by atoms with Crippen molar-refractivity contribution in [1.29, 1.82) is 0 Å². The zero-order valence-corrected chi connectivity index (χ0v) is 10.9. The second-order valence-corrected chi connectivity index (χ2v) is 4.16. The number of aliphatic hydroxyl groups is 1. The van der Waals surface area contributed by atoms with E-state index in [1.54, 1.807) is 25.2 Å². The molecule has 1 aromatic rings. The average molecular weight is 246 g/mol. The second kappa shape index (κ2) is 6.80. The lowest BCUT2D eigenvalue weighted by atomic mass is 10.0. The first-order valence-corrected chi connectivity index (χ1v) is 5.73. The first-order chi connectivity index (χ1) is 8.54. The largest absolute Gasteiger partial charge is 0.395 e. The summed E-state index contributed by atoms with van der Waals surface area (Å²) >= 11 is 0. The van der Waals surface area contributed by atoms with Crippen LogP contribution in [-0.2, 0) is 0 Å². The van der Waals surface area contributed by atoms with Gasteiger partial charge in [-0.1, -0.05) is 17.9 Å². The van der Waals surface area contributed by atoms with Crippen molar-refractivity contribution >= 4 is 5.91 Å². The summed E-state index contributed by atoms with van der Waals surface area (Å²) in [4.78, 5) is 11.9. The quantitative estimate of drug-likeness (QED) is 0.616. The van der Waals surface area contributed by atoms with Crippen LogP contribution in [0.3, 0.4) is 0 Å². The van der Waals surface area contributed by atoms with E-state index in [9.17, 15) is 4.79 Å². The molecule has 0 heterocycles. The van der Waals surface area contributed by atoms with Gasteiger partial charge in [-0.15, -0.1) is 0 Å². The van der Waals surface area contributed by atoms with Crippen molar-refractivity contribution in [3.8, 4) is 11.8 Å². The van der Waals surface area contributed by atoms with Crippen LogP contribution in [-0.4, -0.2) is 36.7 Å². The Balaban J connectivity index is 3.04. The zero-order valence-electron chi connectivity index (χ0n) is 10.9. The van der Waals surface area contributed by atoms with Crippen LogP contribution in [0.1, 0.15) is 27.9 Å². The maximum absolute atomic E-state index is 11.9. The molecule has 96 valence electrons. The summed E-state index contributed by atoms with van der Waals surface area (Å²) in [6, 6.07) is 5.51. The molecule has 0 saturated heterocycles. The van der Waals surface area contributed by atoms with E-state index in [1.165, 1.54) is 0 Å². The Morgan fingerprint density at radius 2 is 2.17 bits per heavy atom. The van der Waals surface area contributed by atoms with Gasteiger partial charge in [0.1, 0.15) is 0 Å². The Bertz CT molecular complexity index is 484. The molecular weight excluding hydrogens is 228 g/mol. The fraction of sp³-hybridized carbons (Fsp3) is 0.357. The van der Waals surface area contributed by atoms with Crippen LogP contribution in [0.25, 0.3) is 0 Å². The lowest BCUT2D eigenvalue weighted by Crippen LogP contribution is -2.36. The molecule has 0 aliphatic heterocycles. The van der Waals surface area contributed by atoms with Crippen molar-refractivity contribution in [3.05, 3.63) is 34.9 Å². The number of rotatable bonds is 3. The monoisotopic (exact) mass is 246 g/mol. The van der Waals surface area contributed by atoms with Crippen molar-refractivity contribution in [2.45, 2.75) is 13.3 Å². The van der Waals surface area contributed by atoms with Crippen LogP contribution in [0, 0.1) is 18.8 Å². The van der Waals surface area contributed by atoms with Crippen molar-refractivity contribution in [3.63, 3.8) is 0 Å². The van der Waals surface area contributed by atoms with Crippen molar-refractivity contribution in [2.24, 2.45) is 0 Å². The van der Waals surface area contributed by atoms with Gasteiger partial charge >= 0.3 is 0 Å². The van der Waals surface area contributed by atoms with Crippen molar-refractivity contribution < 1.29 is 9.90 Å². The first-order valence-electron chi connectivity index (χ1n) is 5.73. The van der Waals surface area contributed by atoms with Crippen LogP contribution in [0.5, 0.6) is 0 Å². The third-order valence-electron chi connectivity index (χ3n) is 2.20. The molecule has 1 amide bonds. The Kier molecular flexibility index (Phi) is 5.37. The number of hydrogen-bond donors (Lipinski definition) is 2. The van der Waals surface area contributed by atoms with Crippen LogP contribution >= 0.6 is 0 Å². The summed E-state index contributed by atoms with van der Waals surface area (Å²) in [7, 11) is 3.51. The van der Waals surface area contributed by atoms with Crippen molar-refractivity contribution in [1.82, 2.24) is 10.4 Å². The predicted molar refractivity (Wildman–Crippen MR) is 70.9 cm³/mol. The third kappa shape index (κ3) is 4.21. The lowest BCUT2D eigenvalue weighted by Gasteiger charge is -2.13. The first kappa shape index (κ1) is 14.2. The van der Waals surface area contributed by atoms with Gasteiger partial charge in [-0.2, -0.15) is 0 Å². The number of carbonyl (C=O) groups is 1. The molecule has 4 nitrogen and oxygen atoms in total. The lowest BCUT2D eigenvalue weighted by molar-refractivity contribution is 0.0856. The normalized spacial score (nSPS) is 9.83. The summed E-state index contributed by atoms with van der Waals surface area (Å²) in [6.07, 6.45) is 0.405. The molecule has 0 aliphatic rings. The summed E-state index contributed by atoms with van der Waals surface area (Å²) in [5.74, 6) is 5.57. The van der Waals surface area contributed by atoms with E-state index in [4.69, 9.17) is 5.11 Å². The SMILES string of the molecule is Cc1ccc(C(=O)NN(C)C)c(C#CCCO)c1. The van der Waals surface area contributed by atoms with Gasteiger partial charge in [0.2, 0.25) is 0 Å². The molecule has 0 aromatic heterocycles. The van der Waals surface area contributed by atoms with E-state index in [2.05, 4.69) is 17.3 Å². The standard InChI is InChI=1S/C14H18N2O2/c1-11-7-8-13(14(18)15-16(2)3)12(10-11)6-4-5-9-17/h7-8,10,17H,5,9H2,1-3H3,(H,15,18). The van der Waals surface area contributed by atoms with E-state index >= 15 is 0 Å². The topological polar surface area (TPSA) is 52.6 Å². The number of aliphatic hydroxyl groups excluding tert-OH is 1. The Morgan fingerprint density at radius 3 is 2.78 bits per heavy atom. The highest BCUT2D eigenvalue weighted by atomic mass is 16.2. The van der Waals surface area contributed by atoms with E-state index in [-0.39, 0.29) is 12.5 Å². The molecule has 0 unspecified atom stereocenters. The molecule has 0 fully saturated rings. The second-order valence-electron chi connectivity index (χ2n) is 4.16. The van der Waals surface area contributed by atoms with Crippen LogP contribution in [0.4, 0.5) is 0 Å². The summed E-state index contributed by atoms with van der Waals surface area (Å²) in [5, 5.41) is 10.3. The fourth-order valence-electron chi connectivity index (χ4n) is 1.44. The number of amides is 1. The van der Waals surface area contributed by atoms with Crippen LogP contribution in [0.15, 0.2) is 18.2 Å². The number of nitrogens with one attached hydrogen (secondary N) is 1. The zero-order chi connectivity index (χ0) is 13.5. The summed E-state index contributed by atoms with van der Waals surface area (Å²) in [6.45, 7) is 1.98. The van der Waals surface area contributed by atoms with Gasteiger partial charge < -0.3 is 5.11 Å². The van der Waals surface area contributed by atoms with E-state index in [0.29, 0.717) is 17.5 Å². The molecule has 0 atom stereocenters. The minimum atomic E-state index is -0.187. The number of hydrazine groups is 1. The molecule has 0 radical (unpaired) electrons. The van der Waals surface area contributed by atoms with Gasteiger partial charge in [0.15, 0.2) is 0 Å². The number of benzene rings is 1. The van der Waals surface area contributed by atoms with Gasteiger partial charge in [0.25, 0.3) is 5.91 Å². The number of aryl methyl sites for hydroxylation is 1. The Hall–Kier alpha value is -1.83. The van der Waals surface area contributed by atoms with Crippen LogP contribution in [0.2, 0.25) is 0 Å². The van der Waals surface area contributed by atoms with E-state index < -0.39 is 0 Å². The third-order valence-corrected chi connectivity index (χ3v) is 2.20. The molecule has 0 saturated carbocycles. The van der Waals surface area contributed by atoms with Gasteiger partial charge in [-0.05, 0) is 24.6 Å². The Morgan fingerprint density at radius 1 is 1.44 bits per heavy atom. The molecule has 1 rings (SSSR count). The molecule has 4 heteroatoms. The smallest absolute Gasteiger partial charge is 0.266 e. The maximum Gasteiger partial charge on any atom is 0.266 e. The van der Waals surface area contributed by atoms with Crippen LogP contribution < -0.4 is 5.43 Å². The highest BCUT2D eigenvalue weighted by molar-refractivity contribution is 5.96. The summed E-state index contributed by atoms with van der Waals surface area (Å²) < 4.78 is 0. The summed E-state index contributed by atoms with van der Waals surface area (Å²) in [5.41, 5.74) is 4.96. The molecule has 1 aromatic carbocycles. The molecule has 18 heavy (non-hydrogen) atoms. The molecule has 0 spiro atoms. The molecule has 2 N–H and O–H groups in total. The minimum Gasteiger partial charge on any atom is -0.395 e. The molecule has 0 bridgehead atoms. The average Bonchev–Trinajstić information content (AvgIpc) is 2.28. The number of hydrogen-bond acceptors (Lipinski definition) is 3. The van der Waals surface area contributed by atoms with Gasteiger partial charge in [0.05, 0.1) is 12.2 Å². The fourth-order valence-corrected chi connectivity index (χ4v) is 1.44. The van der Waals surface area contributed by atoms with Crippen molar-refractivity contribution in [2.75, 3.05) is 20.7 Å². The highest BCUT2D eigenvalue weighted by Gasteiger charge is 2.10. The maximum atomic E-state index is 11.9. The number of carbonyl (C=O) groups excluding carboxylic acids is 1. The van der Waals surface area contributed by atoms with E-state index in [0.717, 1.165) is 5.56 Å². The predicted octanol–water partition coefficient (Wildman–Crippen LogP) is 0.935. The minimum absolute atomic E-state index is 0.0258. The van der Waals surface area contributed by atoms with Gasteiger partial charge in [-0.25, -0.2) is 5.01 Å². The van der Waals surface area contributed by atoms with E-state index in [1.807, 2.05) is 19.1 Å². The molecular formula is C14H18N2O2. The highest BCUT2D eigenvalue weighted by Crippen LogP contribution is 2.11.